The third kappa shape index (κ3) is 5.25. The van der Waals surface area contributed by atoms with E-state index >= 15 is 0 Å². The standard InChI is InChI=1S/C29H34N4O4/c1-31-12-14-33(15-13-31)29(36)27(34)24-19-30-25-18-26(37-2)23(17-22(24)25)28(35)32-10-8-21(9-11-32)16-20-6-4-3-5-7-20/h3-7,17-19,21,30H,8-16H2,1-2H3. The van der Waals surface area contributed by atoms with Crippen molar-refractivity contribution in [3.63, 3.8) is 0 Å². The Morgan fingerprint density at radius 1 is 0.919 bits per heavy atom. The molecular weight excluding hydrogens is 468 g/mol. The van der Waals surface area contributed by atoms with Crippen LogP contribution in [0.5, 0.6) is 5.75 Å². The lowest BCUT2D eigenvalue weighted by molar-refractivity contribution is -0.127. The fourth-order valence-electron chi connectivity index (χ4n) is 5.40. The summed E-state index contributed by atoms with van der Waals surface area (Å²) < 4.78 is 5.56. The second-order valence-electron chi connectivity index (χ2n) is 10.2. The molecule has 0 spiro atoms. The molecule has 1 aromatic heterocycles. The Bertz CT molecular complexity index is 1290. The van der Waals surface area contributed by atoms with Crippen LogP contribution in [0.15, 0.2) is 48.7 Å². The highest BCUT2D eigenvalue weighted by Gasteiger charge is 2.30. The van der Waals surface area contributed by atoms with Crippen LogP contribution in [0.4, 0.5) is 0 Å². The Labute approximate surface area is 217 Å². The van der Waals surface area contributed by atoms with Crippen LogP contribution in [-0.2, 0) is 11.2 Å². The first-order valence-electron chi connectivity index (χ1n) is 13.0. The van der Waals surface area contributed by atoms with E-state index in [-0.39, 0.29) is 11.5 Å². The molecule has 2 amide bonds. The fourth-order valence-corrected chi connectivity index (χ4v) is 5.40. The zero-order chi connectivity index (χ0) is 25.9. The summed E-state index contributed by atoms with van der Waals surface area (Å²) in [6.07, 6.45) is 4.47. The van der Waals surface area contributed by atoms with Gasteiger partial charge in [0.1, 0.15) is 5.75 Å². The number of ether oxygens (including phenoxy) is 1. The molecular formula is C29H34N4O4. The van der Waals surface area contributed by atoms with Gasteiger partial charge >= 0.3 is 0 Å². The van der Waals surface area contributed by atoms with Gasteiger partial charge in [-0.1, -0.05) is 30.3 Å². The molecule has 2 fully saturated rings. The number of hydrogen-bond acceptors (Lipinski definition) is 5. The van der Waals surface area contributed by atoms with Crippen LogP contribution in [-0.4, -0.2) is 90.7 Å². The van der Waals surface area contributed by atoms with Gasteiger partial charge in [0.05, 0.1) is 18.2 Å². The van der Waals surface area contributed by atoms with Crippen molar-refractivity contribution < 1.29 is 19.1 Å². The number of nitrogens with one attached hydrogen (secondary N) is 1. The van der Waals surface area contributed by atoms with Gasteiger partial charge in [-0.15, -0.1) is 0 Å². The summed E-state index contributed by atoms with van der Waals surface area (Å²) in [4.78, 5) is 48.4. The summed E-state index contributed by atoms with van der Waals surface area (Å²) in [5.41, 5.74) is 2.69. The lowest BCUT2D eigenvalue weighted by Gasteiger charge is -2.32. The number of nitrogens with zero attached hydrogens (tertiary/aromatic N) is 3. The van der Waals surface area contributed by atoms with Crippen molar-refractivity contribution in [3.8, 4) is 5.75 Å². The van der Waals surface area contributed by atoms with Gasteiger partial charge in [0.15, 0.2) is 0 Å². The zero-order valence-electron chi connectivity index (χ0n) is 21.5. The van der Waals surface area contributed by atoms with Crippen molar-refractivity contribution in [3.05, 3.63) is 65.4 Å². The molecule has 0 saturated carbocycles. The van der Waals surface area contributed by atoms with Gasteiger partial charge in [-0.3, -0.25) is 14.4 Å². The number of H-pyrrole nitrogens is 1. The number of ketones is 1. The number of piperidine rings is 1. The number of fused-ring (bicyclic) bond motifs is 1. The predicted molar refractivity (Wildman–Crippen MR) is 142 cm³/mol. The second-order valence-corrected chi connectivity index (χ2v) is 10.2. The highest BCUT2D eigenvalue weighted by Crippen LogP contribution is 2.31. The quantitative estimate of drug-likeness (QED) is 0.413. The number of methoxy groups -OCH3 is 1. The molecule has 2 aliphatic rings. The molecule has 0 radical (unpaired) electrons. The first kappa shape index (κ1) is 25.0. The van der Waals surface area contributed by atoms with Crippen LogP contribution in [0.3, 0.4) is 0 Å². The SMILES string of the molecule is COc1cc2[nH]cc(C(=O)C(=O)N3CCN(C)CC3)c2cc1C(=O)N1CCC(Cc2ccccc2)CC1. The molecule has 0 unspecified atom stereocenters. The van der Waals surface area contributed by atoms with E-state index in [9.17, 15) is 14.4 Å². The molecule has 8 heteroatoms. The Morgan fingerprint density at radius 3 is 2.30 bits per heavy atom. The van der Waals surface area contributed by atoms with E-state index in [1.54, 1.807) is 23.2 Å². The zero-order valence-corrected chi connectivity index (χ0v) is 21.5. The Balaban J connectivity index is 1.33. The third-order valence-corrected chi connectivity index (χ3v) is 7.73. The first-order chi connectivity index (χ1) is 17.9. The summed E-state index contributed by atoms with van der Waals surface area (Å²) in [5.74, 6) is -0.165. The fraction of sp³-hybridized carbons (Fsp3) is 0.414. The molecule has 1 N–H and O–H groups in total. The highest BCUT2D eigenvalue weighted by molar-refractivity contribution is 6.45. The van der Waals surface area contributed by atoms with Crippen LogP contribution in [0.25, 0.3) is 10.9 Å². The molecule has 2 saturated heterocycles. The average molecular weight is 503 g/mol. The van der Waals surface area contributed by atoms with E-state index in [0.717, 1.165) is 32.4 Å². The van der Waals surface area contributed by atoms with E-state index in [1.165, 1.54) is 12.7 Å². The predicted octanol–water partition coefficient (Wildman–Crippen LogP) is 3.23. The van der Waals surface area contributed by atoms with Crippen LogP contribution in [0.1, 0.15) is 39.1 Å². The summed E-state index contributed by atoms with van der Waals surface area (Å²) in [6, 6.07) is 13.9. The van der Waals surface area contributed by atoms with Gasteiger partial charge in [0, 0.05) is 62.4 Å². The Morgan fingerprint density at radius 2 is 1.62 bits per heavy atom. The average Bonchev–Trinajstić information content (AvgIpc) is 3.35. The number of amides is 2. The van der Waals surface area contributed by atoms with Crippen molar-refractivity contribution in [1.82, 2.24) is 19.7 Å². The highest BCUT2D eigenvalue weighted by atomic mass is 16.5. The van der Waals surface area contributed by atoms with Crippen LogP contribution >= 0.6 is 0 Å². The number of benzene rings is 2. The van der Waals surface area contributed by atoms with Gasteiger partial charge in [0.25, 0.3) is 17.6 Å². The Kier molecular flexibility index (Phi) is 7.28. The van der Waals surface area contributed by atoms with Crippen molar-refractivity contribution in [2.45, 2.75) is 19.3 Å². The topological polar surface area (TPSA) is 86.0 Å². The summed E-state index contributed by atoms with van der Waals surface area (Å²) in [7, 11) is 3.54. The molecule has 37 heavy (non-hydrogen) atoms. The monoisotopic (exact) mass is 502 g/mol. The van der Waals surface area contributed by atoms with Crippen molar-refractivity contribution in [2.24, 2.45) is 5.92 Å². The van der Waals surface area contributed by atoms with Crippen molar-refractivity contribution in [2.75, 3.05) is 53.4 Å². The first-order valence-corrected chi connectivity index (χ1v) is 13.0. The number of aromatic amines is 1. The second kappa shape index (κ2) is 10.8. The number of carbonyl (C=O) groups excluding carboxylic acids is 3. The molecule has 8 nitrogen and oxygen atoms in total. The minimum absolute atomic E-state index is 0.109. The third-order valence-electron chi connectivity index (χ3n) is 7.73. The summed E-state index contributed by atoms with van der Waals surface area (Å²) in [6.45, 7) is 3.90. The maximum Gasteiger partial charge on any atom is 0.295 e. The number of likely N-dealkylation sites (N-methyl/N-ethyl adjacent to an activating group) is 1. The Hall–Kier alpha value is -3.65. The minimum Gasteiger partial charge on any atom is -0.496 e. The van der Waals surface area contributed by atoms with E-state index in [1.807, 2.05) is 18.0 Å². The number of carbonyl (C=O) groups is 3. The van der Waals surface area contributed by atoms with Gasteiger partial charge in [-0.2, -0.15) is 0 Å². The number of likely N-dealkylation sites (tertiary alicyclic amines) is 1. The molecule has 0 bridgehead atoms. The molecule has 2 aliphatic heterocycles. The van der Waals surface area contributed by atoms with Crippen LogP contribution in [0, 0.1) is 5.92 Å². The van der Waals surface area contributed by atoms with Crippen LogP contribution < -0.4 is 4.74 Å². The molecule has 3 aromatic rings. The van der Waals surface area contributed by atoms with E-state index < -0.39 is 11.7 Å². The van der Waals surface area contributed by atoms with Crippen LogP contribution in [0.2, 0.25) is 0 Å². The number of piperazine rings is 1. The molecule has 194 valence electrons. The van der Waals surface area contributed by atoms with Crippen molar-refractivity contribution in [1.29, 1.82) is 0 Å². The molecule has 2 aromatic carbocycles. The van der Waals surface area contributed by atoms with E-state index in [4.69, 9.17) is 4.74 Å². The van der Waals surface area contributed by atoms with E-state index in [0.29, 0.717) is 54.3 Å². The summed E-state index contributed by atoms with van der Waals surface area (Å²) in [5, 5.41) is 0.565. The molecule has 5 rings (SSSR count). The van der Waals surface area contributed by atoms with Gasteiger partial charge in [0.2, 0.25) is 0 Å². The normalized spacial score (nSPS) is 17.2. The lowest BCUT2D eigenvalue weighted by atomic mass is 9.90. The van der Waals surface area contributed by atoms with Gasteiger partial charge in [-0.25, -0.2) is 0 Å². The maximum atomic E-state index is 13.6. The summed E-state index contributed by atoms with van der Waals surface area (Å²) >= 11 is 0. The molecule has 0 atom stereocenters. The minimum atomic E-state index is -0.555. The molecule has 3 heterocycles. The number of Topliss-reactive ketones (excluding diaryl/α,β-unsaturated/α-hetero) is 1. The molecule has 0 aliphatic carbocycles. The van der Waals surface area contributed by atoms with Gasteiger partial charge in [-0.05, 0) is 43.9 Å². The number of rotatable bonds is 6. The maximum absolute atomic E-state index is 13.6. The number of hydrogen-bond donors (Lipinski definition) is 1. The van der Waals surface area contributed by atoms with E-state index in [2.05, 4.69) is 34.1 Å². The smallest absolute Gasteiger partial charge is 0.295 e. The lowest BCUT2D eigenvalue weighted by Crippen LogP contribution is -2.49. The van der Waals surface area contributed by atoms with Crippen molar-refractivity contribution >= 4 is 28.5 Å². The largest absolute Gasteiger partial charge is 0.496 e. The van der Waals surface area contributed by atoms with Gasteiger partial charge < -0.3 is 24.4 Å². The number of aromatic nitrogens is 1.